The van der Waals surface area contributed by atoms with E-state index in [4.69, 9.17) is 5.26 Å². The molecule has 0 atom stereocenters. The Morgan fingerprint density at radius 1 is 1.50 bits per heavy atom. The molecule has 0 aliphatic heterocycles. The van der Waals surface area contributed by atoms with Crippen LogP contribution in [0.5, 0.6) is 0 Å². The third kappa shape index (κ3) is 1.57. The molecule has 0 aliphatic rings. The molecule has 0 unspecified atom stereocenters. The monoisotopic (exact) mass is 108 g/mol. The first-order valence-electron chi connectivity index (χ1n) is 2.18. The second-order valence-electron chi connectivity index (χ2n) is 1.59. The number of nitriles is 1. The normalized spacial score (nSPS) is 7.12. The topological polar surface area (TPSA) is 40.9 Å². The van der Waals surface area contributed by atoms with Gasteiger partial charge in [0.1, 0.15) is 11.6 Å². The first-order valence-corrected chi connectivity index (χ1v) is 2.18. The minimum absolute atomic E-state index is 0.102. The lowest BCUT2D eigenvalue weighted by Crippen LogP contribution is -1.81. The van der Waals surface area contributed by atoms with E-state index in [1.54, 1.807) is 19.9 Å². The highest BCUT2D eigenvalue weighted by atomic mass is 16.1. The van der Waals surface area contributed by atoms with Crippen LogP contribution < -0.4 is 0 Å². The van der Waals surface area contributed by atoms with Crippen molar-refractivity contribution < 1.29 is 4.79 Å². The molecule has 0 saturated heterocycles. The zero-order valence-electron chi connectivity index (χ0n) is 4.86. The van der Waals surface area contributed by atoms with Gasteiger partial charge in [0.05, 0.1) is 0 Å². The first-order chi connectivity index (χ1) is 3.72. The van der Waals surface area contributed by atoms with Crippen LogP contribution in [0.2, 0.25) is 0 Å². The highest BCUT2D eigenvalue weighted by molar-refractivity contribution is 5.80. The van der Waals surface area contributed by atoms with Crippen molar-refractivity contribution in [2.24, 2.45) is 0 Å². The van der Waals surface area contributed by atoms with Crippen LogP contribution in [0.25, 0.3) is 0 Å². The van der Waals surface area contributed by atoms with Gasteiger partial charge in [-0.2, -0.15) is 5.26 Å². The summed E-state index contributed by atoms with van der Waals surface area (Å²) in [5.74, 6) is 0. The van der Waals surface area contributed by atoms with Crippen molar-refractivity contribution in [2.75, 3.05) is 0 Å². The van der Waals surface area contributed by atoms with Crippen molar-refractivity contribution in [3.63, 3.8) is 0 Å². The summed E-state index contributed by atoms with van der Waals surface area (Å²) in [5.41, 5.74) is 0.813. The van der Waals surface area contributed by atoms with E-state index in [2.05, 4.69) is 0 Å². The Hall–Kier alpha value is -1.10. The van der Waals surface area contributed by atoms with Crippen LogP contribution in [0, 0.1) is 11.3 Å². The Kier molecular flexibility index (Phi) is 2.57. The van der Waals surface area contributed by atoms with Gasteiger partial charge >= 0.3 is 0 Å². The molecule has 0 fully saturated rings. The third-order valence-corrected chi connectivity index (χ3v) is 0.714. The van der Waals surface area contributed by atoms with Gasteiger partial charge in [0.25, 0.3) is 0 Å². The van der Waals surface area contributed by atoms with Gasteiger partial charge in [-0.15, -0.1) is 0 Å². The molecule has 8 heavy (non-hydrogen) atoms. The Balaban J connectivity index is 4.38. The predicted molar refractivity (Wildman–Crippen MR) is 29.7 cm³/mol. The van der Waals surface area contributed by atoms with Crippen molar-refractivity contribution in [3.8, 4) is 6.07 Å². The molecule has 0 aromatic heterocycles. The van der Waals surface area contributed by atoms with Crippen LogP contribution in [0.3, 0.4) is 0 Å². The lowest BCUT2D eigenvalue weighted by molar-refractivity contribution is 0.562. The lowest BCUT2D eigenvalue weighted by atomic mass is 10.2. The molecule has 0 rings (SSSR count). The van der Waals surface area contributed by atoms with Crippen LogP contribution in [0.4, 0.5) is 0 Å². The van der Waals surface area contributed by atoms with E-state index in [0.29, 0.717) is 5.57 Å². The summed E-state index contributed by atoms with van der Waals surface area (Å²) in [4.78, 5) is 9.77. The van der Waals surface area contributed by atoms with Gasteiger partial charge in [-0.05, 0) is 13.8 Å². The van der Waals surface area contributed by atoms with Gasteiger partial charge in [0.15, 0.2) is 0 Å². The molecule has 0 heterocycles. The fourth-order valence-electron chi connectivity index (χ4n) is 0.237. The highest BCUT2D eigenvalue weighted by Gasteiger charge is 1.92. The minimum atomic E-state index is 0.102. The van der Waals surface area contributed by atoms with Crippen molar-refractivity contribution in [1.29, 1.82) is 5.26 Å². The molecule has 41 valence electrons. The summed E-state index contributed by atoms with van der Waals surface area (Å²) in [5, 5.41) is 8.13. The first kappa shape index (κ1) is 6.90. The Labute approximate surface area is 48.4 Å². The van der Waals surface area contributed by atoms with E-state index in [0.717, 1.165) is 0 Å². The van der Waals surface area contributed by atoms with Crippen molar-refractivity contribution in [1.82, 2.24) is 0 Å². The average molecular weight is 108 g/mol. The number of rotatable bonds is 1. The Morgan fingerprint density at radius 2 is 2.00 bits per heavy atom. The van der Waals surface area contributed by atoms with Crippen molar-refractivity contribution >= 4 is 6.29 Å². The van der Waals surface area contributed by atoms with E-state index >= 15 is 0 Å². The van der Waals surface area contributed by atoms with E-state index in [1.807, 2.05) is 0 Å². The SMILES string of the molecule is CC(C)=C([C]=O)C#N. The molecule has 0 saturated carbocycles. The van der Waals surface area contributed by atoms with Gasteiger partial charge in [0, 0.05) is 0 Å². The maximum atomic E-state index is 9.77. The molecule has 0 aromatic rings. The largest absolute Gasteiger partial charge is 0.284 e. The molecule has 0 spiro atoms. The van der Waals surface area contributed by atoms with Crippen LogP contribution in [0.15, 0.2) is 11.1 Å². The number of carbonyl (C=O) groups excluding carboxylic acids is 1. The zero-order chi connectivity index (χ0) is 6.57. The maximum Gasteiger partial charge on any atom is 0.244 e. The van der Waals surface area contributed by atoms with E-state index in [9.17, 15) is 4.79 Å². The van der Waals surface area contributed by atoms with Crippen LogP contribution >= 0.6 is 0 Å². The smallest absolute Gasteiger partial charge is 0.244 e. The summed E-state index contributed by atoms with van der Waals surface area (Å²) in [6, 6.07) is 1.71. The molecule has 1 radical (unpaired) electrons. The Bertz CT molecular complexity index is 158. The fourth-order valence-corrected chi connectivity index (χ4v) is 0.237. The molecule has 2 heteroatoms. The maximum absolute atomic E-state index is 9.77. The van der Waals surface area contributed by atoms with Gasteiger partial charge in [-0.1, -0.05) is 5.57 Å². The number of allylic oxidation sites excluding steroid dienone is 2. The molecule has 0 aromatic carbocycles. The summed E-state index contributed by atoms with van der Waals surface area (Å²) >= 11 is 0. The highest BCUT2D eigenvalue weighted by Crippen LogP contribution is 1.95. The molecular formula is C6H6NO. The quantitative estimate of drug-likeness (QED) is 0.370. The lowest BCUT2D eigenvalue weighted by Gasteiger charge is -1.82. The molecule has 2 nitrogen and oxygen atoms in total. The van der Waals surface area contributed by atoms with Crippen LogP contribution in [0.1, 0.15) is 13.8 Å². The number of hydrogen-bond acceptors (Lipinski definition) is 2. The second kappa shape index (κ2) is 2.98. The molecule has 0 amide bonds. The molecule has 0 bridgehead atoms. The van der Waals surface area contributed by atoms with Gasteiger partial charge in [-0.3, -0.25) is 4.79 Å². The summed E-state index contributed by atoms with van der Waals surface area (Å²) < 4.78 is 0. The summed E-state index contributed by atoms with van der Waals surface area (Å²) in [7, 11) is 0. The molecular weight excluding hydrogens is 102 g/mol. The van der Waals surface area contributed by atoms with E-state index < -0.39 is 0 Å². The van der Waals surface area contributed by atoms with Gasteiger partial charge < -0.3 is 0 Å². The van der Waals surface area contributed by atoms with Gasteiger partial charge in [-0.25, -0.2) is 0 Å². The molecule has 0 N–H and O–H groups in total. The molecule has 0 aliphatic carbocycles. The van der Waals surface area contributed by atoms with Crippen LogP contribution in [-0.4, -0.2) is 6.29 Å². The minimum Gasteiger partial charge on any atom is -0.284 e. The average Bonchev–Trinajstić information content (AvgIpc) is 1.69. The van der Waals surface area contributed by atoms with E-state index in [1.165, 1.54) is 6.29 Å². The fraction of sp³-hybridized carbons (Fsp3) is 0.333. The third-order valence-electron chi connectivity index (χ3n) is 0.714. The Morgan fingerprint density at radius 3 is 2.00 bits per heavy atom. The second-order valence-corrected chi connectivity index (χ2v) is 1.59. The summed E-state index contributed by atoms with van der Waals surface area (Å²) in [6.07, 6.45) is 1.52. The zero-order valence-corrected chi connectivity index (χ0v) is 4.86. The van der Waals surface area contributed by atoms with E-state index in [-0.39, 0.29) is 5.57 Å². The summed E-state index contributed by atoms with van der Waals surface area (Å²) in [6.45, 7) is 3.40. The standard InChI is InChI=1S/C6H6NO/c1-5(2)6(3-7)4-8/h1-2H3. The van der Waals surface area contributed by atoms with Crippen molar-refractivity contribution in [3.05, 3.63) is 11.1 Å². The predicted octanol–water partition coefficient (Wildman–Crippen LogP) is 0.956. The number of nitrogens with zero attached hydrogens (tertiary/aromatic N) is 1. The van der Waals surface area contributed by atoms with Gasteiger partial charge in [0.2, 0.25) is 6.29 Å². The van der Waals surface area contributed by atoms with Crippen molar-refractivity contribution in [2.45, 2.75) is 13.8 Å². The van der Waals surface area contributed by atoms with Crippen LogP contribution in [-0.2, 0) is 4.79 Å². The number of hydrogen-bond donors (Lipinski definition) is 0.